The molecule has 0 aromatic heterocycles. The first-order chi connectivity index (χ1) is 6.46. The zero-order valence-corrected chi connectivity index (χ0v) is 9.00. The summed E-state index contributed by atoms with van der Waals surface area (Å²) in [7, 11) is 1.23. The molecule has 0 unspecified atom stereocenters. The number of carbonyl (C=O) groups is 2. The summed E-state index contributed by atoms with van der Waals surface area (Å²) >= 11 is 0. The highest BCUT2D eigenvalue weighted by Gasteiger charge is 2.32. The van der Waals surface area contributed by atoms with Crippen LogP contribution in [0.5, 0.6) is 0 Å². The first-order valence-corrected chi connectivity index (χ1v) is 4.83. The van der Waals surface area contributed by atoms with Crippen LogP contribution in [-0.4, -0.2) is 37.0 Å². The molecule has 1 aliphatic heterocycles. The van der Waals surface area contributed by atoms with Crippen molar-refractivity contribution in [1.29, 1.82) is 0 Å². The van der Waals surface area contributed by atoms with Gasteiger partial charge in [0.05, 0.1) is 7.11 Å². The van der Waals surface area contributed by atoms with Crippen LogP contribution in [0.3, 0.4) is 0 Å². The van der Waals surface area contributed by atoms with Crippen molar-refractivity contribution in [2.24, 2.45) is 5.41 Å². The van der Waals surface area contributed by atoms with E-state index in [1.807, 2.05) is 0 Å². The monoisotopic (exact) mass is 199 g/mol. The maximum atomic E-state index is 11.5. The van der Waals surface area contributed by atoms with Crippen molar-refractivity contribution in [3.63, 3.8) is 0 Å². The highest BCUT2D eigenvalue weighted by molar-refractivity contribution is 6.32. The fourth-order valence-electron chi connectivity index (χ4n) is 1.81. The molecule has 1 fully saturated rings. The van der Waals surface area contributed by atoms with Crippen LogP contribution in [0.15, 0.2) is 0 Å². The normalized spacial score (nSPS) is 20.4. The van der Waals surface area contributed by atoms with Gasteiger partial charge in [0.25, 0.3) is 0 Å². The minimum Gasteiger partial charge on any atom is -0.462 e. The molecule has 1 saturated heterocycles. The number of rotatable bonds is 0. The van der Waals surface area contributed by atoms with Crippen molar-refractivity contribution in [3.05, 3.63) is 0 Å². The molecule has 0 N–H and O–H groups in total. The molecular formula is C10H17NO3. The van der Waals surface area contributed by atoms with Crippen LogP contribution < -0.4 is 0 Å². The Bertz CT molecular complexity index is 248. The fraction of sp³-hybridized carbons (Fsp3) is 0.800. The summed E-state index contributed by atoms with van der Waals surface area (Å²) in [5, 5.41) is 0. The molecule has 1 aliphatic rings. The van der Waals surface area contributed by atoms with Crippen LogP contribution >= 0.6 is 0 Å². The van der Waals surface area contributed by atoms with Crippen molar-refractivity contribution < 1.29 is 14.3 Å². The maximum absolute atomic E-state index is 11.5. The van der Waals surface area contributed by atoms with Crippen LogP contribution in [0, 0.1) is 5.41 Å². The summed E-state index contributed by atoms with van der Waals surface area (Å²) in [4.78, 5) is 24.1. The smallest absolute Gasteiger partial charge is 0.396 e. The minimum absolute atomic E-state index is 0.113. The average Bonchev–Trinajstić information content (AvgIpc) is 2.14. The van der Waals surface area contributed by atoms with E-state index in [1.165, 1.54) is 7.11 Å². The van der Waals surface area contributed by atoms with Gasteiger partial charge in [-0.2, -0.15) is 0 Å². The molecule has 1 amide bonds. The molecule has 0 bridgehead atoms. The number of amides is 1. The van der Waals surface area contributed by atoms with E-state index in [2.05, 4.69) is 18.6 Å². The van der Waals surface area contributed by atoms with Crippen LogP contribution in [0.25, 0.3) is 0 Å². The Morgan fingerprint density at radius 1 is 1.36 bits per heavy atom. The molecule has 0 atom stereocenters. The Hall–Kier alpha value is -1.06. The number of likely N-dealkylation sites (tertiary alicyclic amines) is 1. The molecule has 0 saturated carbocycles. The Balaban J connectivity index is 2.61. The van der Waals surface area contributed by atoms with Crippen molar-refractivity contribution in [1.82, 2.24) is 4.90 Å². The fourth-order valence-corrected chi connectivity index (χ4v) is 1.81. The first-order valence-electron chi connectivity index (χ1n) is 4.83. The molecule has 0 spiro atoms. The number of hydrogen-bond donors (Lipinski definition) is 0. The number of ether oxygens (including phenoxy) is 1. The second-order valence-electron chi connectivity index (χ2n) is 4.49. The van der Waals surface area contributed by atoms with Gasteiger partial charge in [-0.25, -0.2) is 4.79 Å². The van der Waals surface area contributed by atoms with Gasteiger partial charge in [-0.15, -0.1) is 0 Å². The molecule has 1 rings (SSSR count). The van der Waals surface area contributed by atoms with E-state index in [-0.39, 0.29) is 5.41 Å². The molecule has 4 heteroatoms. The third kappa shape index (κ3) is 2.47. The van der Waals surface area contributed by atoms with Crippen molar-refractivity contribution in [2.45, 2.75) is 26.7 Å². The summed E-state index contributed by atoms with van der Waals surface area (Å²) in [5.41, 5.74) is 0.113. The lowest BCUT2D eigenvalue weighted by Crippen LogP contribution is -2.46. The summed E-state index contributed by atoms with van der Waals surface area (Å²) in [6.07, 6.45) is 2.05. The Kier molecular flexibility index (Phi) is 3.13. The lowest BCUT2D eigenvalue weighted by atomic mass is 9.84. The SMILES string of the molecule is COC(=O)C(=O)N1CCCC(C)(C)C1. The molecule has 0 aromatic rings. The second kappa shape index (κ2) is 3.98. The average molecular weight is 199 g/mol. The summed E-state index contributed by atoms with van der Waals surface area (Å²) in [6, 6.07) is 0. The zero-order chi connectivity index (χ0) is 10.8. The van der Waals surface area contributed by atoms with Crippen LogP contribution in [0.4, 0.5) is 0 Å². The summed E-state index contributed by atoms with van der Waals surface area (Å²) in [6.45, 7) is 5.51. The Morgan fingerprint density at radius 3 is 2.50 bits per heavy atom. The van der Waals surface area contributed by atoms with E-state index in [1.54, 1.807) is 4.90 Å². The lowest BCUT2D eigenvalue weighted by Gasteiger charge is -2.37. The Labute approximate surface area is 84.2 Å². The maximum Gasteiger partial charge on any atom is 0.396 e. The van der Waals surface area contributed by atoms with Gasteiger partial charge in [0.2, 0.25) is 0 Å². The highest BCUT2D eigenvalue weighted by atomic mass is 16.5. The number of carbonyl (C=O) groups excluding carboxylic acids is 2. The molecule has 4 nitrogen and oxygen atoms in total. The van der Waals surface area contributed by atoms with E-state index in [0.29, 0.717) is 13.1 Å². The Morgan fingerprint density at radius 2 is 2.00 bits per heavy atom. The van der Waals surface area contributed by atoms with Gasteiger partial charge in [0.15, 0.2) is 0 Å². The third-order valence-corrected chi connectivity index (χ3v) is 2.55. The molecule has 0 aromatic carbocycles. The van der Waals surface area contributed by atoms with Crippen molar-refractivity contribution >= 4 is 11.9 Å². The van der Waals surface area contributed by atoms with Gasteiger partial charge in [-0.05, 0) is 18.3 Å². The first kappa shape index (κ1) is 11.0. The number of nitrogens with zero attached hydrogens (tertiary/aromatic N) is 1. The molecule has 14 heavy (non-hydrogen) atoms. The topological polar surface area (TPSA) is 46.6 Å². The highest BCUT2D eigenvalue weighted by Crippen LogP contribution is 2.28. The number of hydrogen-bond acceptors (Lipinski definition) is 3. The zero-order valence-electron chi connectivity index (χ0n) is 9.00. The molecule has 1 heterocycles. The predicted octanol–water partition coefficient (Wildman–Crippen LogP) is 0.808. The van der Waals surface area contributed by atoms with Gasteiger partial charge in [0, 0.05) is 13.1 Å². The van der Waals surface area contributed by atoms with Gasteiger partial charge < -0.3 is 9.64 Å². The van der Waals surface area contributed by atoms with Gasteiger partial charge in [-0.1, -0.05) is 13.8 Å². The van der Waals surface area contributed by atoms with Gasteiger partial charge in [0.1, 0.15) is 0 Å². The van der Waals surface area contributed by atoms with E-state index in [4.69, 9.17) is 0 Å². The van der Waals surface area contributed by atoms with Crippen molar-refractivity contribution in [3.8, 4) is 0 Å². The van der Waals surface area contributed by atoms with E-state index < -0.39 is 11.9 Å². The molecule has 0 aliphatic carbocycles. The van der Waals surface area contributed by atoms with Crippen LogP contribution in [0.2, 0.25) is 0 Å². The third-order valence-electron chi connectivity index (χ3n) is 2.55. The van der Waals surface area contributed by atoms with Crippen molar-refractivity contribution in [2.75, 3.05) is 20.2 Å². The van der Waals surface area contributed by atoms with E-state index in [0.717, 1.165) is 12.8 Å². The number of esters is 1. The largest absolute Gasteiger partial charge is 0.462 e. The van der Waals surface area contributed by atoms with E-state index in [9.17, 15) is 9.59 Å². The lowest BCUT2D eigenvalue weighted by molar-refractivity contribution is -0.159. The minimum atomic E-state index is -0.761. The molecule has 80 valence electrons. The van der Waals surface area contributed by atoms with Gasteiger partial charge in [-0.3, -0.25) is 4.79 Å². The van der Waals surface area contributed by atoms with Crippen LogP contribution in [-0.2, 0) is 14.3 Å². The van der Waals surface area contributed by atoms with Gasteiger partial charge >= 0.3 is 11.9 Å². The molecular weight excluding hydrogens is 182 g/mol. The van der Waals surface area contributed by atoms with E-state index >= 15 is 0 Å². The molecule has 0 radical (unpaired) electrons. The van der Waals surface area contributed by atoms with Crippen LogP contribution in [0.1, 0.15) is 26.7 Å². The quantitative estimate of drug-likeness (QED) is 0.428. The summed E-state index contributed by atoms with van der Waals surface area (Å²) < 4.78 is 4.40. The standard InChI is InChI=1S/C10H17NO3/c1-10(2)5-4-6-11(7-10)8(12)9(13)14-3/h4-7H2,1-3H3. The number of methoxy groups -OCH3 is 1. The predicted molar refractivity (Wildman–Crippen MR) is 51.6 cm³/mol. The number of piperidine rings is 1. The summed E-state index contributed by atoms with van der Waals surface area (Å²) in [5.74, 6) is -1.28. The second-order valence-corrected chi connectivity index (χ2v) is 4.49.